The van der Waals surface area contributed by atoms with Crippen molar-refractivity contribution in [3.63, 3.8) is 0 Å². The second-order valence-electron chi connectivity index (χ2n) is 3.96. The Morgan fingerprint density at radius 3 is 3.11 bits per heavy atom. The fourth-order valence-corrected chi connectivity index (χ4v) is 1.71. The predicted octanol–water partition coefficient (Wildman–Crippen LogP) is 0.512. The van der Waals surface area contributed by atoms with E-state index in [1.54, 1.807) is 21.7 Å². The molecule has 0 spiro atoms. The Morgan fingerprint density at radius 2 is 2.28 bits per heavy atom. The van der Waals surface area contributed by atoms with Gasteiger partial charge in [0.05, 0.1) is 6.20 Å². The van der Waals surface area contributed by atoms with E-state index in [0.29, 0.717) is 0 Å². The predicted molar refractivity (Wildman–Crippen MR) is 66.2 cm³/mol. The molecule has 3 heterocycles. The van der Waals surface area contributed by atoms with Gasteiger partial charge in [0.2, 0.25) is 0 Å². The molecular formula is C11H13N7. The zero-order valence-corrected chi connectivity index (χ0v) is 9.98. The summed E-state index contributed by atoms with van der Waals surface area (Å²) in [7, 11) is 1.86. The first-order valence-electron chi connectivity index (χ1n) is 5.70. The number of fused-ring (bicyclic) bond motifs is 1. The molecule has 0 aliphatic rings. The SMILES string of the molecule is Cn1cnc(CCNc2ccn3nccc3n2)n1. The molecule has 3 rings (SSSR count). The van der Waals surface area contributed by atoms with Crippen LogP contribution in [0.1, 0.15) is 5.82 Å². The van der Waals surface area contributed by atoms with Gasteiger partial charge in [0.15, 0.2) is 11.5 Å². The lowest BCUT2D eigenvalue weighted by molar-refractivity contribution is 0.741. The van der Waals surface area contributed by atoms with Gasteiger partial charge in [-0.3, -0.25) is 4.68 Å². The van der Waals surface area contributed by atoms with Crippen LogP contribution < -0.4 is 5.32 Å². The van der Waals surface area contributed by atoms with E-state index in [9.17, 15) is 0 Å². The van der Waals surface area contributed by atoms with Gasteiger partial charge >= 0.3 is 0 Å². The number of aryl methyl sites for hydroxylation is 1. The lowest BCUT2D eigenvalue weighted by atomic mass is 10.4. The molecule has 0 radical (unpaired) electrons. The van der Waals surface area contributed by atoms with Crippen LogP contribution >= 0.6 is 0 Å². The first kappa shape index (κ1) is 10.7. The molecule has 7 heteroatoms. The lowest BCUT2D eigenvalue weighted by Crippen LogP contribution is -2.08. The van der Waals surface area contributed by atoms with Crippen LogP contribution in [0, 0.1) is 0 Å². The maximum absolute atomic E-state index is 4.41. The van der Waals surface area contributed by atoms with Crippen LogP contribution in [0.5, 0.6) is 0 Å². The molecule has 0 aliphatic heterocycles. The molecule has 0 aromatic carbocycles. The van der Waals surface area contributed by atoms with Crippen molar-refractivity contribution in [3.05, 3.63) is 36.7 Å². The van der Waals surface area contributed by atoms with Crippen molar-refractivity contribution in [2.24, 2.45) is 7.05 Å². The van der Waals surface area contributed by atoms with E-state index in [0.717, 1.165) is 30.3 Å². The third kappa shape index (κ3) is 2.15. The quantitative estimate of drug-likeness (QED) is 0.723. The summed E-state index contributed by atoms with van der Waals surface area (Å²) in [5.74, 6) is 1.66. The van der Waals surface area contributed by atoms with Gasteiger partial charge in [-0.05, 0) is 6.07 Å². The summed E-state index contributed by atoms with van der Waals surface area (Å²) in [5, 5.41) is 11.6. The Hall–Kier alpha value is -2.44. The maximum Gasteiger partial charge on any atom is 0.157 e. The minimum Gasteiger partial charge on any atom is -0.370 e. The Labute approximate surface area is 103 Å². The number of rotatable bonds is 4. The molecule has 0 fully saturated rings. The third-order valence-corrected chi connectivity index (χ3v) is 2.56. The molecule has 7 nitrogen and oxygen atoms in total. The molecule has 0 saturated carbocycles. The van der Waals surface area contributed by atoms with E-state index in [1.807, 2.05) is 25.4 Å². The highest BCUT2D eigenvalue weighted by molar-refractivity contribution is 5.45. The Morgan fingerprint density at radius 1 is 1.33 bits per heavy atom. The van der Waals surface area contributed by atoms with E-state index in [2.05, 4.69) is 25.5 Å². The highest BCUT2D eigenvalue weighted by atomic mass is 15.3. The second-order valence-corrected chi connectivity index (χ2v) is 3.96. The molecule has 0 saturated heterocycles. The highest BCUT2D eigenvalue weighted by Crippen LogP contribution is 2.05. The zero-order valence-electron chi connectivity index (χ0n) is 9.98. The van der Waals surface area contributed by atoms with Crippen molar-refractivity contribution in [2.45, 2.75) is 6.42 Å². The molecule has 18 heavy (non-hydrogen) atoms. The van der Waals surface area contributed by atoms with Crippen molar-refractivity contribution in [1.82, 2.24) is 29.4 Å². The lowest BCUT2D eigenvalue weighted by Gasteiger charge is -2.03. The maximum atomic E-state index is 4.41. The highest BCUT2D eigenvalue weighted by Gasteiger charge is 2.00. The van der Waals surface area contributed by atoms with Crippen LogP contribution in [0.2, 0.25) is 0 Å². The summed E-state index contributed by atoms with van der Waals surface area (Å²) >= 11 is 0. The van der Waals surface area contributed by atoms with Crippen LogP contribution in [-0.2, 0) is 13.5 Å². The number of hydrogen-bond donors (Lipinski definition) is 1. The smallest absolute Gasteiger partial charge is 0.157 e. The molecule has 0 aliphatic carbocycles. The van der Waals surface area contributed by atoms with Crippen LogP contribution in [0.15, 0.2) is 30.9 Å². The fraction of sp³-hybridized carbons (Fsp3) is 0.273. The monoisotopic (exact) mass is 243 g/mol. The van der Waals surface area contributed by atoms with E-state index < -0.39 is 0 Å². The Balaban J connectivity index is 1.62. The number of aromatic nitrogens is 6. The van der Waals surface area contributed by atoms with Crippen LogP contribution in [0.25, 0.3) is 5.65 Å². The zero-order chi connectivity index (χ0) is 12.4. The Kier molecular flexibility index (Phi) is 2.64. The third-order valence-electron chi connectivity index (χ3n) is 2.56. The molecule has 0 amide bonds. The van der Waals surface area contributed by atoms with Crippen molar-refractivity contribution < 1.29 is 0 Å². The molecule has 0 atom stereocenters. The molecule has 0 unspecified atom stereocenters. The van der Waals surface area contributed by atoms with Crippen LogP contribution in [0.3, 0.4) is 0 Å². The minimum absolute atomic E-state index is 0.751. The molecule has 3 aromatic rings. The average molecular weight is 243 g/mol. The normalized spacial score (nSPS) is 10.9. The van der Waals surface area contributed by atoms with Crippen molar-refractivity contribution in [2.75, 3.05) is 11.9 Å². The molecule has 0 bridgehead atoms. The standard InChI is InChI=1S/C11H13N7/c1-17-8-13-10(16-17)2-5-12-9-4-7-18-11(15-9)3-6-14-18/h3-4,6-8H,2,5H2,1H3,(H,12,15). The van der Waals surface area contributed by atoms with Gasteiger partial charge in [-0.1, -0.05) is 0 Å². The van der Waals surface area contributed by atoms with Gasteiger partial charge in [-0.15, -0.1) is 0 Å². The van der Waals surface area contributed by atoms with E-state index in [1.165, 1.54) is 0 Å². The summed E-state index contributed by atoms with van der Waals surface area (Å²) in [6.07, 6.45) is 6.08. The first-order chi connectivity index (χ1) is 8.81. The van der Waals surface area contributed by atoms with Crippen molar-refractivity contribution in [1.29, 1.82) is 0 Å². The van der Waals surface area contributed by atoms with Gasteiger partial charge in [-0.25, -0.2) is 14.5 Å². The molecule has 3 aromatic heterocycles. The van der Waals surface area contributed by atoms with E-state index in [-0.39, 0.29) is 0 Å². The van der Waals surface area contributed by atoms with Crippen LogP contribution in [-0.4, -0.2) is 35.9 Å². The van der Waals surface area contributed by atoms with E-state index in [4.69, 9.17) is 0 Å². The van der Waals surface area contributed by atoms with Gasteiger partial charge < -0.3 is 5.32 Å². The van der Waals surface area contributed by atoms with Gasteiger partial charge in [0, 0.05) is 32.3 Å². The molecular weight excluding hydrogens is 230 g/mol. The van der Waals surface area contributed by atoms with E-state index >= 15 is 0 Å². The minimum atomic E-state index is 0.751. The van der Waals surface area contributed by atoms with Gasteiger partial charge in [0.1, 0.15) is 12.1 Å². The van der Waals surface area contributed by atoms with Crippen molar-refractivity contribution >= 4 is 11.5 Å². The first-order valence-corrected chi connectivity index (χ1v) is 5.70. The summed E-state index contributed by atoms with van der Waals surface area (Å²) in [4.78, 5) is 8.58. The van der Waals surface area contributed by atoms with Gasteiger partial charge in [-0.2, -0.15) is 10.2 Å². The topological polar surface area (TPSA) is 72.9 Å². The summed E-state index contributed by atoms with van der Waals surface area (Å²) in [6, 6.07) is 3.76. The Bertz CT molecular complexity index is 654. The number of anilines is 1. The second kappa shape index (κ2) is 4.44. The fourth-order valence-electron chi connectivity index (χ4n) is 1.71. The van der Waals surface area contributed by atoms with Crippen molar-refractivity contribution in [3.8, 4) is 0 Å². The summed E-state index contributed by atoms with van der Waals surface area (Å²) in [5.41, 5.74) is 0.830. The average Bonchev–Trinajstić information content (AvgIpc) is 2.97. The summed E-state index contributed by atoms with van der Waals surface area (Å²) in [6.45, 7) is 0.751. The largest absolute Gasteiger partial charge is 0.370 e. The number of nitrogens with zero attached hydrogens (tertiary/aromatic N) is 6. The molecule has 1 N–H and O–H groups in total. The van der Waals surface area contributed by atoms with Crippen LogP contribution in [0.4, 0.5) is 5.82 Å². The summed E-state index contributed by atoms with van der Waals surface area (Å²) < 4.78 is 3.43. The number of nitrogens with one attached hydrogen (secondary N) is 1. The van der Waals surface area contributed by atoms with Gasteiger partial charge in [0.25, 0.3) is 0 Å². The number of hydrogen-bond acceptors (Lipinski definition) is 5. The molecule has 92 valence electrons.